The molecule has 0 saturated carbocycles. The predicted octanol–water partition coefficient (Wildman–Crippen LogP) is 5.45. The van der Waals surface area contributed by atoms with Crippen LogP contribution in [0.15, 0.2) is 66.7 Å². The van der Waals surface area contributed by atoms with Crippen LogP contribution in [0.3, 0.4) is 0 Å². The second-order valence-corrected chi connectivity index (χ2v) is 6.95. The van der Waals surface area contributed by atoms with Gasteiger partial charge in [-0.2, -0.15) is 5.10 Å². The van der Waals surface area contributed by atoms with Crippen LogP contribution in [0.2, 0.25) is 5.02 Å². The van der Waals surface area contributed by atoms with Crippen molar-refractivity contribution in [1.29, 1.82) is 0 Å². The number of halogens is 1. The highest BCUT2D eigenvalue weighted by atomic mass is 35.5. The second-order valence-electron chi connectivity index (χ2n) is 6.55. The van der Waals surface area contributed by atoms with E-state index < -0.39 is 0 Å². The molecule has 1 amide bonds. The van der Waals surface area contributed by atoms with Gasteiger partial charge >= 0.3 is 0 Å². The number of aromatic amines is 1. The van der Waals surface area contributed by atoms with Crippen LogP contribution in [0.1, 0.15) is 12.5 Å². The lowest BCUT2D eigenvalue weighted by atomic mass is 10.0. The van der Waals surface area contributed by atoms with Crippen LogP contribution in [-0.2, 0) is 11.3 Å². The molecule has 6 heteroatoms. The Morgan fingerprint density at radius 1 is 1.07 bits per heavy atom. The van der Waals surface area contributed by atoms with Gasteiger partial charge in [-0.25, -0.2) is 0 Å². The van der Waals surface area contributed by atoms with Gasteiger partial charge in [-0.3, -0.25) is 9.89 Å². The largest absolute Gasteiger partial charge is 0.364 e. The van der Waals surface area contributed by atoms with Crippen molar-refractivity contribution >= 4 is 39.9 Å². The van der Waals surface area contributed by atoms with E-state index in [1.165, 1.54) is 6.92 Å². The Balaban J connectivity index is 1.57. The molecule has 0 unspecified atom stereocenters. The van der Waals surface area contributed by atoms with Crippen molar-refractivity contribution in [2.75, 3.05) is 10.6 Å². The number of aromatic nitrogens is 2. The third-order valence-electron chi connectivity index (χ3n) is 4.47. The molecule has 0 aliphatic carbocycles. The molecule has 0 atom stereocenters. The van der Waals surface area contributed by atoms with Crippen LogP contribution in [0.5, 0.6) is 0 Å². The number of benzene rings is 3. The molecule has 0 bridgehead atoms. The van der Waals surface area contributed by atoms with Gasteiger partial charge in [0.1, 0.15) is 0 Å². The van der Waals surface area contributed by atoms with E-state index in [4.69, 9.17) is 11.6 Å². The van der Waals surface area contributed by atoms with Gasteiger partial charge in [-0.05, 0) is 35.4 Å². The highest BCUT2D eigenvalue weighted by Gasteiger charge is 2.11. The maximum atomic E-state index is 11.1. The molecular weight excluding hydrogens is 372 g/mol. The van der Waals surface area contributed by atoms with Gasteiger partial charge in [0.15, 0.2) is 5.82 Å². The topological polar surface area (TPSA) is 69.8 Å². The summed E-state index contributed by atoms with van der Waals surface area (Å²) in [5, 5.41) is 15.2. The Morgan fingerprint density at radius 3 is 2.54 bits per heavy atom. The first-order valence-electron chi connectivity index (χ1n) is 8.93. The number of fused-ring (bicyclic) bond motifs is 1. The van der Waals surface area contributed by atoms with Gasteiger partial charge in [0, 0.05) is 30.1 Å². The number of hydrogen-bond donors (Lipinski definition) is 3. The maximum absolute atomic E-state index is 11.1. The fourth-order valence-corrected chi connectivity index (χ4v) is 3.38. The first kappa shape index (κ1) is 18.1. The predicted molar refractivity (Wildman–Crippen MR) is 115 cm³/mol. The van der Waals surface area contributed by atoms with Crippen molar-refractivity contribution in [3.05, 3.63) is 77.3 Å². The van der Waals surface area contributed by atoms with E-state index in [2.05, 4.69) is 26.9 Å². The summed E-state index contributed by atoms with van der Waals surface area (Å²) in [6.07, 6.45) is 0. The van der Waals surface area contributed by atoms with Crippen molar-refractivity contribution in [1.82, 2.24) is 10.2 Å². The number of H-pyrrole nitrogens is 1. The summed E-state index contributed by atoms with van der Waals surface area (Å²) in [6, 6.07) is 21.7. The number of carbonyl (C=O) groups excluding carboxylic acids is 1. The van der Waals surface area contributed by atoms with Crippen molar-refractivity contribution < 1.29 is 4.79 Å². The number of amides is 1. The maximum Gasteiger partial charge on any atom is 0.221 e. The zero-order valence-electron chi connectivity index (χ0n) is 15.3. The lowest BCUT2D eigenvalue weighted by Crippen LogP contribution is -2.06. The highest BCUT2D eigenvalue weighted by molar-refractivity contribution is 6.34. The summed E-state index contributed by atoms with van der Waals surface area (Å²) in [4.78, 5) is 11.1. The Morgan fingerprint density at radius 2 is 1.82 bits per heavy atom. The van der Waals surface area contributed by atoms with E-state index >= 15 is 0 Å². The monoisotopic (exact) mass is 390 g/mol. The number of carbonyl (C=O) groups is 1. The van der Waals surface area contributed by atoms with Gasteiger partial charge in [0.25, 0.3) is 0 Å². The Bertz CT molecular complexity index is 1120. The quantitative estimate of drug-likeness (QED) is 0.424. The van der Waals surface area contributed by atoms with Gasteiger partial charge in [-0.15, -0.1) is 0 Å². The molecule has 3 N–H and O–H groups in total. The third-order valence-corrected chi connectivity index (χ3v) is 4.78. The summed E-state index contributed by atoms with van der Waals surface area (Å²) >= 11 is 6.47. The van der Waals surface area contributed by atoms with Crippen LogP contribution >= 0.6 is 11.6 Å². The first-order chi connectivity index (χ1) is 13.6. The molecule has 0 saturated heterocycles. The van der Waals surface area contributed by atoms with E-state index in [1.54, 1.807) is 0 Å². The molecule has 1 heterocycles. The fourth-order valence-electron chi connectivity index (χ4n) is 3.11. The molecule has 3 aromatic carbocycles. The summed E-state index contributed by atoms with van der Waals surface area (Å²) in [6.45, 7) is 2.11. The summed E-state index contributed by atoms with van der Waals surface area (Å²) in [7, 11) is 0. The van der Waals surface area contributed by atoms with E-state index in [0.717, 1.165) is 39.1 Å². The zero-order valence-corrected chi connectivity index (χ0v) is 16.0. The lowest BCUT2D eigenvalue weighted by molar-refractivity contribution is -0.114. The second kappa shape index (κ2) is 7.74. The molecule has 5 nitrogen and oxygen atoms in total. The van der Waals surface area contributed by atoms with Crippen LogP contribution in [0.4, 0.5) is 11.5 Å². The SMILES string of the molecule is CC(=O)Nc1ccc(CNc2n[nH]c3cc(Cl)c(-c4ccccc4)cc23)cc1. The number of nitrogens with one attached hydrogen (secondary N) is 3. The van der Waals surface area contributed by atoms with Crippen LogP contribution in [0, 0.1) is 0 Å². The minimum absolute atomic E-state index is 0.0817. The fraction of sp³-hybridized carbons (Fsp3) is 0.0909. The van der Waals surface area contributed by atoms with Crippen molar-refractivity contribution in [3.8, 4) is 11.1 Å². The average molecular weight is 391 g/mol. The normalized spacial score (nSPS) is 10.8. The molecule has 140 valence electrons. The molecule has 4 rings (SSSR count). The third kappa shape index (κ3) is 3.85. The number of rotatable bonds is 5. The molecular formula is C22H19ClN4O. The van der Waals surface area contributed by atoms with E-state index in [-0.39, 0.29) is 5.91 Å². The Hall–Kier alpha value is -3.31. The summed E-state index contributed by atoms with van der Waals surface area (Å²) in [5.41, 5.74) is 4.79. The van der Waals surface area contributed by atoms with Crippen LogP contribution in [-0.4, -0.2) is 16.1 Å². The van der Waals surface area contributed by atoms with Gasteiger partial charge < -0.3 is 10.6 Å². The highest BCUT2D eigenvalue weighted by Crippen LogP contribution is 2.34. The molecule has 0 aliphatic rings. The summed E-state index contributed by atoms with van der Waals surface area (Å²) < 4.78 is 0. The standard InChI is InChI=1S/C22H19ClN4O/c1-14(28)25-17-9-7-15(8-10-17)13-24-22-19-11-18(16-5-3-2-4-6-16)20(23)12-21(19)26-27-22/h2-12H,13H2,1H3,(H,25,28)(H2,24,26,27). The van der Waals surface area contributed by atoms with Crippen LogP contribution < -0.4 is 10.6 Å². The Labute approximate surface area is 167 Å². The number of hydrogen-bond acceptors (Lipinski definition) is 3. The number of anilines is 2. The lowest BCUT2D eigenvalue weighted by Gasteiger charge is -2.08. The number of nitrogens with zero attached hydrogens (tertiary/aromatic N) is 1. The molecule has 4 aromatic rings. The van der Waals surface area contributed by atoms with Crippen molar-refractivity contribution in [3.63, 3.8) is 0 Å². The molecule has 28 heavy (non-hydrogen) atoms. The molecule has 0 fully saturated rings. The minimum Gasteiger partial charge on any atom is -0.364 e. The van der Waals surface area contributed by atoms with E-state index in [9.17, 15) is 4.79 Å². The zero-order chi connectivity index (χ0) is 19.5. The van der Waals surface area contributed by atoms with Crippen molar-refractivity contribution in [2.45, 2.75) is 13.5 Å². The van der Waals surface area contributed by atoms with E-state index in [1.807, 2.05) is 60.7 Å². The van der Waals surface area contributed by atoms with Gasteiger partial charge in [0.05, 0.1) is 10.5 Å². The molecule has 0 aliphatic heterocycles. The van der Waals surface area contributed by atoms with Crippen LogP contribution in [0.25, 0.3) is 22.0 Å². The van der Waals surface area contributed by atoms with Crippen molar-refractivity contribution in [2.24, 2.45) is 0 Å². The smallest absolute Gasteiger partial charge is 0.221 e. The molecule has 0 radical (unpaired) electrons. The average Bonchev–Trinajstić information content (AvgIpc) is 3.09. The minimum atomic E-state index is -0.0817. The Kier molecular flexibility index (Phi) is 5.00. The van der Waals surface area contributed by atoms with Gasteiger partial charge in [-0.1, -0.05) is 54.1 Å². The molecule has 1 aromatic heterocycles. The first-order valence-corrected chi connectivity index (χ1v) is 9.31. The summed E-state index contributed by atoms with van der Waals surface area (Å²) in [5.74, 6) is 0.691. The molecule has 0 spiro atoms. The van der Waals surface area contributed by atoms with Gasteiger partial charge in [0.2, 0.25) is 5.91 Å². The van der Waals surface area contributed by atoms with E-state index in [0.29, 0.717) is 11.6 Å².